The second kappa shape index (κ2) is 7.40. The SMILES string of the molecule is C=C(Br)CN(C)CC(O)CN1CCOCC1. The molecule has 0 saturated carbocycles. The van der Waals surface area contributed by atoms with Crippen molar-refractivity contribution in [3.05, 3.63) is 11.1 Å². The number of nitrogens with zero attached hydrogens (tertiary/aromatic N) is 2. The van der Waals surface area contributed by atoms with Crippen LogP contribution in [-0.2, 0) is 4.74 Å². The number of rotatable bonds is 6. The minimum absolute atomic E-state index is 0.310. The molecule has 94 valence electrons. The third-order valence-electron chi connectivity index (χ3n) is 2.54. The zero-order valence-corrected chi connectivity index (χ0v) is 11.4. The van der Waals surface area contributed by atoms with Crippen LogP contribution >= 0.6 is 15.9 Å². The quantitative estimate of drug-likeness (QED) is 0.774. The van der Waals surface area contributed by atoms with Crippen LogP contribution < -0.4 is 0 Å². The number of hydrogen-bond donors (Lipinski definition) is 1. The standard InChI is InChI=1S/C11H21BrN2O2/c1-10(12)7-13(2)8-11(15)9-14-3-5-16-6-4-14/h11,15H,1,3-9H2,2H3. The number of β-amino-alcohol motifs (C(OH)–C–C–N with tert-alkyl or cyclic N) is 1. The van der Waals surface area contributed by atoms with Gasteiger partial charge in [0.25, 0.3) is 0 Å². The Hall–Kier alpha value is 0.0600. The van der Waals surface area contributed by atoms with Crippen molar-refractivity contribution in [1.29, 1.82) is 0 Å². The molecule has 4 nitrogen and oxygen atoms in total. The third-order valence-corrected chi connectivity index (χ3v) is 2.79. The van der Waals surface area contributed by atoms with E-state index in [1.165, 1.54) is 0 Å². The van der Waals surface area contributed by atoms with Crippen molar-refractivity contribution in [2.24, 2.45) is 0 Å². The first-order valence-corrected chi connectivity index (χ1v) is 6.37. The van der Waals surface area contributed by atoms with Crippen LogP contribution in [0.2, 0.25) is 0 Å². The predicted molar refractivity (Wildman–Crippen MR) is 68.8 cm³/mol. The van der Waals surface area contributed by atoms with Crippen molar-refractivity contribution in [3.63, 3.8) is 0 Å². The molecule has 1 aliphatic heterocycles. The lowest BCUT2D eigenvalue weighted by Gasteiger charge is -2.30. The lowest BCUT2D eigenvalue weighted by atomic mass is 10.3. The van der Waals surface area contributed by atoms with Gasteiger partial charge in [-0.15, -0.1) is 0 Å². The first-order valence-electron chi connectivity index (χ1n) is 5.58. The molecule has 0 bridgehead atoms. The Kier molecular flexibility index (Phi) is 6.53. The molecule has 1 atom stereocenters. The number of aliphatic hydroxyl groups is 1. The van der Waals surface area contributed by atoms with E-state index >= 15 is 0 Å². The number of likely N-dealkylation sites (N-methyl/N-ethyl adjacent to an activating group) is 1. The zero-order valence-electron chi connectivity index (χ0n) is 9.86. The van der Waals surface area contributed by atoms with Gasteiger partial charge < -0.3 is 9.84 Å². The number of ether oxygens (including phenoxy) is 1. The highest BCUT2D eigenvalue weighted by Crippen LogP contribution is 2.04. The molecule has 0 aromatic rings. The zero-order chi connectivity index (χ0) is 12.0. The summed E-state index contributed by atoms with van der Waals surface area (Å²) < 4.78 is 6.20. The Balaban J connectivity index is 2.18. The topological polar surface area (TPSA) is 35.9 Å². The maximum atomic E-state index is 9.92. The fourth-order valence-electron chi connectivity index (χ4n) is 1.86. The summed E-state index contributed by atoms with van der Waals surface area (Å²) in [5.41, 5.74) is 0. The van der Waals surface area contributed by atoms with Crippen molar-refractivity contribution in [2.45, 2.75) is 6.10 Å². The minimum atomic E-state index is -0.310. The van der Waals surface area contributed by atoms with Gasteiger partial charge in [0.2, 0.25) is 0 Å². The highest BCUT2D eigenvalue weighted by Gasteiger charge is 2.16. The highest BCUT2D eigenvalue weighted by atomic mass is 79.9. The first kappa shape index (κ1) is 14.1. The molecule has 5 heteroatoms. The Morgan fingerprint density at radius 2 is 2.19 bits per heavy atom. The molecule has 0 amide bonds. The second-order valence-corrected chi connectivity index (χ2v) is 5.40. The Morgan fingerprint density at radius 3 is 2.75 bits per heavy atom. The molecule has 0 radical (unpaired) electrons. The molecule has 1 aliphatic rings. The van der Waals surface area contributed by atoms with Crippen molar-refractivity contribution >= 4 is 15.9 Å². The van der Waals surface area contributed by atoms with E-state index in [4.69, 9.17) is 4.74 Å². The van der Waals surface area contributed by atoms with Crippen LogP contribution in [0.1, 0.15) is 0 Å². The third kappa shape index (κ3) is 5.96. The number of morpholine rings is 1. The molecule has 0 spiro atoms. The highest BCUT2D eigenvalue weighted by molar-refractivity contribution is 9.11. The molecule has 1 fully saturated rings. The van der Waals surface area contributed by atoms with Crippen LogP contribution in [0.15, 0.2) is 11.1 Å². The smallest absolute Gasteiger partial charge is 0.0793 e. The van der Waals surface area contributed by atoms with Gasteiger partial charge in [0, 0.05) is 37.2 Å². The molecule has 1 saturated heterocycles. The van der Waals surface area contributed by atoms with Crippen LogP contribution in [0.25, 0.3) is 0 Å². The second-order valence-electron chi connectivity index (χ2n) is 4.28. The van der Waals surface area contributed by atoms with Crippen LogP contribution in [-0.4, -0.2) is 74.0 Å². The minimum Gasteiger partial charge on any atom is -0.390 e. The van der Waals surface area contributed by atoms with Gasteiger partial charge in [0.05, 0.1) is 19.3 Å². The molecule has 1 heterocycles. The predicted octanol–water partition coefficient (Wildman–Crippen LogP) is 0.520. The normalized spacial score (nSPS) is 20.0. The maximum Gasteiger partial charge on any atom is 0.0793 e. The van der Waals surface area contributed by atoms with E-state index < -0.39 is 0 Å². The number of aliphatic hydroxyl groups excluding tert-OH is 1. The van der Waals surface area contributed by atoms with E-state index in [2.05, 4.69) is 32.3 Å². The van der Waals surface area contributed by atoms with E-state index in [0.717, 1.165) is 43.9 Å². The summed E-state index contributed by atoms with van der Waals surface area (Å²) in [5.74, 6) is 0. The fraction of sp³-hybridized carbons (Fsp3) is 0.818. The monoisotopic (exact) mass is 292 g/mol. The van der Waals surface area contributed by atoms with Gasteiger partial charge in [-0.1, -0.05) is 22.5 Å². The molecule has 1 unspecified atom stereocenters. The van der Waals surface area contributed by atoms with Crippen LogP contribution in [0.3, 0.4) is 0 Å². The van der Waals surface area contributed by atoms with Crippen LogP contribution in [0.4, 0.5) is 0 Å². The van der Waals surface area contributed by atoms with E-state index in [9.17, 15) is 5.11 Å². The van der Waals surface area contributed by atoms with E-state index in [-0.39, 0.29) is 6.10 Å². The molecular formula is C11H21BrN2O2. The van der Waals surface area contributed by atoms with Gasteiger partial charge in [0.1, 0.15) is 0 Å². The molecular weight excluding hydrogens is 272 g/mol. The van der Waals surface area contributed by atoms with Gasteiger partial charge in [-0.25, -0.2) is 0 Å². The van der Waals surface area contributed by atoms with Crippen molar-refractivity contribution in [2.75, 3.05) is 53.0 Å². The van der Waals surface area contributed by atoms with E-state index in [0.29, 0.717) is 6.54 Å². The Morgan fingerprint density at radius 1 is 1.56 bits per heavy atom. The molecule has 0 aliphatic carbocycles. The Bertz CT molecular complexity index is 220. The van der Waals surface area contributed by atoms with Gasteiger partial charge in [-0.05, 0) is 7.05 Å². The van der Waals surface area contributed by atoms with Gasteiger partial charge >= 0.3 is 0 Å². The lowest BCUT2D eigenvalue weighted by molar-refractivity contribution is 0.00933. The molecule has 1 N–H and O–H groups in total. The van der Waals surface area contributed by atoms with E-state index in [1.54, 1.807) is 0 Å². The molecule has 16 heavy (non-hydrogen) atoms. The first-order chi connectivity index (χ1) is 7.58. The fourth-order valence-corrected chi connectivity index (χ4v) is 2.28. The lowest BCUT2D eigenvalue weighted by Crippen LogP contribution is -2.44. The average Bonchev–Trinajstić information content (AvgIpc) is 2.17. The van der Waals surface area contributed by atoms with Gasteiger partial charge in [-0.3, -0.25) is 9.80 Å². The average molecular weight is 293 g/mol. The number of hydrogen-bond acceptors (Lipinski definition) is 4. The summed E-state index contributed by atoms with van der Waals surface area (Å²) in [7, 11) is 1.98. The van der Waals surface area contributed by atoms with Crippen LogP contribution in [0, 0.1) is 0 Å². The summed E-state index contributed by atoms with van der Waals surface area (Å²) in [6.45, 7) is 9.34. The summed E-state index contributed by atoms with van der Waals surface area (Å²) in [6.07, 6.45) is -0.310. The molecule has 0 aromatic carbocycles. The van der Waals surface area contributed by atoms with Crippen LogP contribution in [0.5, 0.6) is 0 Å². The number of halogens is 1. The van der Waals surface area contributed by atoms with Gasteiger partial charge in [-0.2, -0.15) is 0 Å². The summed E-state index contributed by atoms with van der Waals surface area (Å²) in [6, 6.07) is 0. The van der Waals surface area contributed by atoms with Crippen molar-refractivity contribution in [1.82, 2.24) is 9.80 Å². The largest absolute Gasteiger partial charge is 0.390 e. The summed E-state index contributed by atoms with van der Waals surface area (Å²) >= 11 is 3.32. The van der Waals surface area contributed by atoms with Crippen molar-refractivity contribution < 1.29 is 9.84 Å². The summed E-state index contributed by atoms with van der Waals surface area (Å²) in [4.78, 5) is 4.30. The maximum absolute atomic E-state index is 9.92. The molecule has 0 aromatic heterocycles. The van der Waals surface area contributed by atoms with E-state index in [1.807, 2.05) is 7.05 Å². The molecule has 1 rings (SSSR count). The van der Waals surface area contributed by atoms with Gasteiger partial charge in [0.15, 0.2) is 0 Å². The Labute approximate surface area is 106 Å². The van der Waals surface area contributed by atoms with Crippen molar-refractivity contribution in [3.8, 4) is 0 Å². The summed E-state index contributed by atoms with van der Waals surface area (Å²) in [5, 5.41) is 9.92.